The molecule has 10 heteroatoms. The number of hydrogen-bond donors (Lipinski definition) is 1. The molecule has 0 bridgehead atoms. The lowest BCUT2D eigenvalue weighted by molar-refractivity contribution is 0.360. The van der Waals surface area contributed by atoms with Gasteiger partial charge in [0.05, 0.1) is 44.5 Å². The Morgan fingerprint density at radius 3 is 2.24 bits per heavy atom. The molecule has 0 aliphatic carbocycles. The molecule has 0 radical (unpaired) electrons. The van der Waals surface area contributed by atoms with Crippen LogP contribution in [-0.4, -0.2) is 36.1 Å². The summed E-state index contributed by atoms with van der Waals surface area (Å²) in [5.74, 6) is -1.25. The number of anilines is 1. The lowest BCUT2D eigenvalue weighted by atomic mass is 10.2. The minimum Gasteiger partial charge on any atom is -0.497 e. The SMILES string of the molecule is COc1ccc(Cn2ncc3c(Cl)c(CNc4c(F)c(OC)cc(OC)c4F)cnc32)cc1. The van der Waals surface area contributed by atoms with Crippen LogP contribution in [0.2, 0.25) is 5.02 Å². The summed E-state index contributed by atoms with van der Waals surface area (Å²) in [4.78, 5) is 4.47. The van der Waals surface area contributed by atoms with Gasteiger partial charge in [-0.2, -0.15) is 5.10 Å². The van der Waals surface area contributed by atoms with Crippen molar-refractivity contribution < 1.29 is 23.0 Å². The number of nitrogens with zero attached hydrogens (tertiary/aromatic N) is 3. The van der Waals surface area contributed by atoms with Crippen molar-refractivity contribution in [2.45, 2.75) is 13.1 Å². The third-order valence-corrected chi connectivity index (χ3v) is 5.64. The molecular formula is C23H21ClF2N4O3. The van der Waals surface area contributed by atoms with Gasteiger partial charge in [0.1, 0.15) is 11.4 Å². The number of methoxy groups -OCH3 is 3. The molecule has 33 heavy (non-hydrogen) atoms. The molecule has 2 aromatic heterocycles. The fourth-order valence-corrected chi connectivity index (χ4v) is 3.65. The van der Waals surface area contributed by atoms with E-state index in [0.717, 1.165) is 17.4 Å². The number of halogens is 3. The van der Waals surface area contributed by atoms with Gasteiger partial charge in [-0.25, -0.2) is 18.4 Å². The van der Waals surface area contributed by atoms with E-state index in [0.29, 0.717) is 28.2 Å². The number of nitrogens with one attached hydrogen (secondary N) is 1. The standard InChI is InChI=1S/C23H21ClF2N4O3/c1-31-15-6-4-13(5-7-15)12-30-23-16(11-29-30)19(24)14(10-28-23)9-27-22-20(25)17(32-2)8-18(33-3)21(22)26/h4-8,10-11,27H,9,12H2,1-3H3. The predicted octanol–water partition coefficient (Wildman–Crippen LogP) is 5.05. The van der Waals surface area contributed by atoms with Crippen LogP contribution in [0.5, 0.6) is 17.2 Å². The monoisotopic (exact) mass is 474 g/mol. The number of hydrogen-bond acceptors (Lipinski definition) is 6. The first-order valence-corrected chi connectivity index (χ1v) is 10.3. The summed E-state index contributed by atoms with van der Waals surface area (Å²) in [5, 5.41) is 8.15. The average Bonchev–Trinajstić information content (AvgIpc) is 3.24. The summed E-state index contributed by atoms with van der Waals surface area (Å²) in [6.45, 7) is 0.518. The molecule has 0 aliphatic rings. The Morgan fingerprint density at radius 2 is 1.64 bits per heavy atom. The summed E-state index contributed by atoms with van der Waals surface area (Å²) in [6.07, 6.45) is 3.17. The van der Waals surface area contributed by atoms with Crippen LogP contribution in [0.1, 0.15) is 11.1 Å². The highest BCUT2D eigenvalue weighted by Crippen LogP contribution is 2.35. The molecule has 0 aliphatic heterocycles. The van der Waals surface area contributed by atoms with E-state index in [2.05, 4.69) is 15.4 Å². The molecule has 0 atom stereocenters. The molecule has 0 spiro atoms. The molecule has 4 rings (SSSR count). The minimum atomic E-state index is -0.867. The van der Waals surface area contributed by atoms with Gasteiger partial charge in [0.15, 0.2) is 28.8 Å². The molecule has 0 saturated carbocycles. The molecule has 7 nitrogen and oxygen atoms in total. The van der Waals surface area contributed by atoms with Crippen LogP contribution in [-0.2, 0) is 13.1 Å². The van der Waals surface area contributed by atoms with Crippen LogP contribution in [0, 0.1) is 11.6 Å². The molecular weight excluding hydrogens is 454 g/mol. The van der Waals surface area contributed by atoms with Gasteiger partial charge in [-0.3, -0.25) is 0 Å². The molecule has 0 unspecified atom stereocenters. The maximum atomic E-state index is 14.6. The Kier molecular flexibility index (Phi) is 6.50. The van der Waals surface area contributed by atoms with Crippen LogP contribution in [0.3, 0.4) is 0 Å². The predicted molar refractivity (Wildman–Crippen MR) is 121 cm³/mol. The van der Waals surface area contributed by atoms with E-state index in [1.807, 2.05) is 24.3 Å². The number of ether oxygens (including phenoxy) is 3. The third kappa shape index (κ3) is 4.36. The van der Waals surface area contributed by atoms with Gasteiger partial charge in [-0.1, -0.05) is 23.7 Å². The fraction of sp³-hybridized carbons (Fsp3) is 0.217. The third-order valence-electron chi connectivity index (χ3n) is 5.19. The maximum Gasteiger partial charge on any atom is 0.191 e. The number of aromatic nitrogens is 3. The second kappa shape index (κ2) is 9.50. The van der Waals surface area contributed by atoms with Gasteiger partial charge in [0.25, 0.3) is 0 Å². The first-order chi connectivity index (χ1) is 16.0. The summed E-state index contributed by atoms with van der Waals surface area (Å²) in [6, 6.07) is 8.78. The smallest absolute Gasteiger partial charge is 0.191 e. The zero-order chi connectivity index (χ0) is 23.5. The molecule has 172 valence electrons. The van der Waals surface area contributed by atoms with Crippen LogP contribution >= 0.6 is 11.6 Å². The summed E-state index contributed by atoms with van der Waals surface area (Å²) in [7, 11) is 4.19. The maximum absolute atomic E-state index is 14.6. The normalized spacial score (nSPS) is 11.0. The van der Waals surface area contributed by atoms with E-state index in [1.165, 1.54) is 14.2 Å². The van der Waals surface area contributed by atoms with Crippen molar-refractivity contribution in [3.05, 3.63) is 70.5 Å². The highest BCUT2D eigenvalue weighted by Gasteiger charge is 2.21. The van der Waals surface area contributed by atoms with Gasteiger partial charge in [-0.15, -0.1) is 0 Å². The van der Waals surface area contributed by atoms with Gasteiger partial charge in [0, 0.05) is 24.4 Å². The Balaban J connectivity index is 1.58. The Labute approximate surface area is 193 Å². The highest BCUT2D eigenvalue weighted by molar-refractivity contribution is 6.36. The second-order valence-corrected chi connectivity index (χ2v) is 7.50. The van der Waals surface area contributed by atoms with Crippen LogP contribution in [0.4, 0.5) is 14.5 Å². The van der Waals surface area contributed by atoms with E-state index < -0.39 is 11.6 Å². The Bertz CT molecular complexity index is 1270. The van der Waals surface area contributed by atoms with E-state index >= 15 is 0 Å². The molecule has 2 aromatic carbocycles. The average molecular weight is 475 g/mol. The number of rotatable bonds is 8. The number of pyridine rings is 1. The van der Waals surface area contributed by atoms with Crippen molar-refractivity contribution in [3.8, 4) is 17.2 Å². The first-order valence-electron chi connectivity index (χ1n) is 9.92. The molecule has 0 fully saturated rings. The van der Waals surface area contributed by atoms with Crippen molar-refractivity contribution in [1.29, 1.82) is 0 Å². The van der Waals surface area contributed by atoms with Gasteiger partial charge < -0.3 is 19.5 Å². The minimum absolute atomic E-state index is 0.0234. The van der Waals surface area contributed by atoms with Crippen molar-refractivity contribution in [3.63, 3.8) is 0 Å². The van der Waals surface area contributed by atoms with Crippen LogP contribution in [0.25, 0.3) is 11.0 Å². The van der Waals surface area contributed by atoms with E-state index in [9.17, 15) is 8.78 Å². The van der Waals surface area contributed by atoms with Crippen molar-refractivity contribution in [2.24, 2.45) is 0 Å². The quantitative estimate of drug-likeness (QED) is 0.385. The van der Waals surface area contributed by atoms with Crippen LogP contribution < -0.4 is 19.5 Å². The Hall–Kier alpha value is -3.59. The highest BCUT2D eigenvalue weighted by atomic mass is 35.5. The topological polar surface area (TPSA) is 70.4 Å². The second-order valence-electron chi connectivity index (χ2n) is 7.12. The number of fused-ring (bicyclic) bond motifs is 1. The summed E-state index contributed by atoms with van der Waals surface area (Å²) >= 11 is 6.57. The fourth-order valence-electron chi connectivity index (χ4n) is 3.41. The first kappa shape index (κ1) is 22.6. The van der Waals surface area contributed by atoms with Crippen molar-refractivity contribution in [1.82, 2.24) is 14.8 Å². The van der Waals surface area contributed by atoms with Gasteiger partial charge in [0.2, 0.25) is 0 Å². The molecule has 0 amide bonds. The zero-order valence-electron chi connectivity index (χ0n) is 18.2. The molecule has 1 N–H and O–H groups in total. The van der Waals surface area contributed by atoms with E-state index in [1.54, 1.807) is 24.2 Å². The van der Waals surface area contributed by atoms with E-state index in [-0.39, 0.29) is 23.7 Å². The summed E-state index contributed by atoms with van der Waals surface area (Å²) in [5.41, 5.74) is 1.79. The molecule has 2 heterocycles. The van der Waals surface area contributed by atoms with Gasteiger partial charge in [-0.05, 0) is 17.7 Å². The largest absolute Gasteiger partial charge is 0.497 e. The molecule has 4 aromatic rings. The molecule has 0 saturated heterocycles. The van der Waals surface area contributed by atoms with Crippen LogP contribution in [0.15, 0.2) is 42.7 Å². The Morgan fingerprint density at radius 1 is 0.970 bits per heavy atom. The van der Waals surface area contributed by atoms with Crippen molar-refractivity contribution in [2.75, 3.05) is 26.6 Å². The summed E-state index contributed by atoms with van der Waals surface area (Å²) < 4.78 is 46.1. The van der Waals surface area contributed by atoms with Gasteiger partial charge >= 0.3 is 0 Å². The number of benzene rings is 2. The lowest BCUT2D eigenvalue weighted by Crippen LogP contribution is -2.08. The lowest BCUT2D eigenvalue weighted by Gasteiger charge is -2.14. The zero-order valence-corrected chi connectivity index (χ0v) is 18.9. The van der Waals surface area contributed by atoms with E-state index in [4.69, 9.17) is 25.8 Å². The van der Waals surface area contributed by atoms with Crippen molar-refractivity contribution >= 4 is 28.3 Å².